The Bertz CT molecular complexity index is 696. The third-order valence-electron chi connectivity index (χ3n) is 3.86. The van der Waals surface area contributed by atoms with E-state index in [0.29, 0.717) is 5.56 Å². The van der Waals surface area contributed by atoms with Gasteiger partial charge in [-0.2, -0.15) is 0 Å². The number of nitrogens with one attached hydrogen (secondary N) is 1. The monoisotopic (exact) mass is 319 g/mol. The summed E-state index contributed by atoms with van der Waals surface area (Å²) in [7, 11) is 0. The maximum absolute atomic E-state index is 13.7. The van der Waals surface area contributed by atoms with Gasteiger partial charge in [0.15, 0.2) is 6.54 Å². The molecule has 0 aliphatic carbocycles. The largest absolute Gasteiger partial charge is 0.332 e. The van der Waals surface area contributed by atoms with Crippen molar-refractivity contribution < 1.29 is 18.9 Å². The van der Waals surface area contributed by atoms with E-state index in [1.807, 2.05) is 32.0 Å². The van der Waals surface area contributed by atoms with Crippen LogP contribution < -0.4 is 10.6 Å². The molecule has 1 atom stereocenters. The number of amides is 1. The van der Waals surface area contributed by atoms with E-state index in [1.165, 1.54) is 12.1 Å². The summed E-state index contributed by atoms with van der Waals surface area (Å²) in [5, 5.41) is 4.61. The third kappa shape index (κ3) is 4.36. The highest BCUT2D eigenvalue weighted by Crippen LogP contribution is 2.19. The number of hydrogen-bond donors (Lipinski definition) is 2. The number of para-hydroxylation sites is 1. The molecule has 3 N–H and O–H groups in total. The van der Waals surface area contributed by atoms with E-state index in [-0.39, 0.29) is 18.5 Å². The molecule has 0 aliphatic rings. The first-order valence-corrected chi connectivity index (χ1v) is 7.53. The molecule has 0 saturated carbocycles. The summed E-state index contributed by atoms with van der Waals surface area (Å²) in [6, 6.07) is 9.02. The number of hydrogen-bond acceptors (Lipinski definition) is 1. The van der Waals surface area contributed by atoms with Crippen molar-refractivity contribution >= 4 is 11.6 Å². The van der Waals surface area contributed by atoms with Crippen molar-refractivity contribution in [3.05, 3.63) is 64.7 Å². The molecule has 0 saturated heterocycles. The fourth-order valence-corrected chi connectivity index (χ4v) is 2.48. The van der Waals surface area contributed by atoms with Crippen molar-refractivity contribution in [3.63, 3.8) is 0 Å². The molecule has 0 fully saturated rings. The number of nitrogens with two attached hydrogens (primary N) is 1. The minimum absolute atomic E-state index is 0.156. The van der Waals surface area contributed by atoms with Crippen molar-refractivity contribution in [2.45, 2.75) is 26.8 Å². The van der Waals surface area contributed by atoms with Gasteiger partial charge >= 0.3 is 0 Å². The van der Waals surface area contributed by atoms with Crippen LogP contribution in [0.3, 0.4) is 0 Å². The second-order valence-electron chi connectivity index (χ2n) is 5.71. The topological polar surface area (TPSA) is 45.7 Å². The lowest BCUT2D eigenvalue weighted by molar-refractivity contribution is -0.682. The smallest absolute Gasteiger partial charge is 0.279 e. The van der Waals surface area contributed by atoms with Crippen LogP contribution in [0.25, 0.3) is 0 Å². The molecule has 122 valence electrons. The van der Waals surface area contributed by atoms with Crippen LogP contribution in [-0.2, 0) is 4.79 Å². The molecule has 2 aromatic carbocycles. The van der Waals surface area contributed by atoms with Gasteiger partial charge in [-0.15, -0.1) is 0 Å². The number of anilines is 1. The summed E-state index contributed by atoms with van der Waals surface area (Å²) >= 11 is 0. The van der Waals surface area contributed by atoms with Gasteiger partial charge in [0.1, 0.15) is 17.7 Å². The maximum atomic E-state index is 13.7. The van der Waals surface area contributed by atoms with Crippen LogP contribution in [-0.4, -0.2) is 12.5 Å². The van der Waals surface area contributed by atoms with Crippen LogP contribution in [0.1, 0.15) is 29.7 Å². The number of benzene rings is 2. The average molecular weight is 319 g/mol. The van der Waals surface area contributed by atoms with E-state index < -0.39 is 11.6 Å². The number of carbonyl (C=O) groups excluding carboxylic acids is 1. The van der Waals surface area contributed by atoms with Gasteiger partial charge in [-0.05, 0) is 44.0 Å². The molecule has 0 spiro atoms. The molecule has 2 aromatic rings. The molecule has 0 heterocycles. The molecule has 2 rings (SSSR count). The Kier molecular flexibility index (Phi) is 5.45. The number of quaternary nitrogens is 1. The zero-order valence-corrected chi connectivity index (χ0v) is 13.5. The highest BCUT2D eigenvalue weighted by atomic mass is 19.1. The molecule has 0 aliphatic heterocycles. The Morgan fingerprint density at radius 3 is 2.43 bits per heavy atom. The van der Waals surface area contributed by atoms with Crippen LogP contribution in [0, 0.1) is 25.5 Å². The van der Waals surface area contributed by atoms with E-state index in [2.05, 4.69) is 5.32 Å². The van der Waals surface area contributed by atoms with Gasteiger partial charge in [0.25, 0.3) is 5.91 Å². The third-order valence-corrected chi connectivity index (χ3v) is 3.86. The first-order chi connectivity index (χ1) is 10.9. The predicted molar refractivity (Wildman–Crippen MR) is 86.1 cm³/mol. The molecular weight excluding hydrogens is 298 g/mol. The van der Waals surface area contributed by atoms with Crippen molar-refractivity contribution in [1.29, 1.82) is 0 Å². The fourth-order valence-electron chi connectivity index (χ4n) is 2.48. The summed E-state index contributed by atoms with van der Waals surface area (Å²) < 4.78 is 26.6. The lowest BCUT2D eigenvalue weighted by Crippen LogP contribution is -2.86. The van der Waals surface area contributed by atoms with Gasteiger partial charge < -0.3 is 10.6 Å². The fraction of sp³-hybridized carbons (Fsp3) is 0.278. The van der Waals surface area contributed by atoms with Crippen molar-refractivity contribution in [1.82, 2.24) is 0 Å². The summed E-state index contributed by atoms with van der Waals surface area (Å²) in [4.78, 5) is 12.1. The van der Waals surface area contributed by atoms with Crippen LogP contribution in [0.15, 0.2) is 36.4 Å². The second kappa shape index (κ2) is 7.33. The summed E-state index contributed by atoms with van der Waals surface area (Å²) in [5.41, 5.74) is 3.18. The van der Waals surface area contributed by atoms with Crippen LogP contribution >= 0.6 is 0 Å². The molecule has 5 heteroatoms. The van der Waals surface area contributed by atoms with Crippen molar-refractivity contribution in [2.24, 2.45) is 0 Å². The van der Waals surface area contributed by atoms with Gasteiger partial charge in [-0.1, -0.05) is 18.2 Å². The number of rotatable bonds is 5. The molecule has 0 aromatic heterocycles. The molecular formula is C18H21F2N2O+. The normalized spacial score (nSPS) is 12.0. The van der Waals surface area contributed by atoms with Gasteiger partial charge in [0, 0.05) is 17.3 Å². The van der Waals surface area contributed by atoms with E-state index >= 15 is 0 Å². The summed E-state index contributed by atoms with van der Waals surface area (Å²) in [5.74, 6) is -1.35. The number of aryl methyl sites for hydroxylation is 2. The molecule has 23 heavy (non-hydrogen) atoms. The Labute approximate surface area is 134 Å². The van der Waals surface area contributed by atoms with E-state index in [9.17, 15) is 13.6 Å². The first kappa shape index (κ1) is 17.1. The lowest BCUT2D eigenvalue weighted by Gasteiger charge is -2.14. The number of halogens is 2. The molecule has 0 radical (unpaired) electrons. The molecule has 0 bridgehead atoms. The SMILES string of the molecule is Cc1cccc(C)c1NC(=O)C[NH2+][C@H](C)c1ccc(F)cc1F. The van der Waals surface area contributed by atoms with Gasteiger partial charge in [-0.3, -0.25) is 4.79 Å². The Morgan fingerprint density at radius 1 is 1.17 bits per heavy atom. The predicted octanol–water partition coefficient (Wildman–Crippen LogP) is 2.84. The molecule has 3 nitrogen and oxygen atoms in total. The van der Waals surface area contributed by atoms with Crippen LogP contribution in [0.2, 0.25) is 0 Å². The van der Waals surface area contributed by atoms with Gasteiger partial charge in [0.2, 0.25) is 0 Å². The highest BCUT2D eigenvalue weighted by Gasteiger charge is 2.16. The maximum Gasteiger partial charge on any atom is 0.279 e. The van der Waals surface area contributed by atoms with Gasteiger partial charge in [0.05, 0.1) is 0 Å². The minimum Gasteiger partial charge on any atom is -0.332 e. The summed E-state index contributed by atoms with van der Waals surface area (Å²) in [6.07, 6.45) is 0. The quantitative estimate of drug-likeness (QED) is 0.874. The zero-order valence-electron chi connectivity index (χ0n) is 13.5. The average Bonchev–Trinajstić information content (AvgIpc) is 2.49. The zero-order chi connectivity index (χ0) is 17.0. The Morgan fingerprint density at radius 2 is 1.83 bits per heavy atom. The van der Waals surface area contributed by atoms with E-state index in [4.69, 9.17) is 0 Å². The van der Waals surface area contributed by atoms with E-state index in [1.54, 1.807) is 12.2 Å². The molecule has 1 amide bonds. The Balaban J connectivity index is 1.96. The highest BCUT2D eigenvalue weighted by molar-refractivity contribution is 5.92. The first-order valence-electron chi connectivity index (χ1n) is 7.53. The molecule has 0 unspecified atom stereocenters. The summed E-state index contributed by atoms with van der Waals surface area (Å²) in [6.45, 7) is 5.81. The number of carbonyl (C=O) groups is 1. The van der Waals surface area contributed by atoms with Gasteiger partial charge in [-0.25, -0.2) is 8.78 Å². The van der Waals surface area contributed by atoms with Crippen LogP contribution in [0.4, 0.5) is 14.5 Å². The van der Waals surface area contributed by atoms with Crippen molar-refractivity contribution in [3.8, 4) is 0 Å². The lowest BCUT2D eigenvalue weighted by atomic mass is 10.1. The standard InChI is InChI=1S/C18H20F2N2O/c1-11-5-4-6-12(2)18(11)22-17(23)10-21-13(3)15-8-7-14(19)9-16(15)20/h4-9,13,21H,10H2,1-3H3,(H,22,23)/p+1/t13-/m1/s1. The Hall–Kier alpha value is -2.27. The van der Waals surface area contributed by atoms with E-state index in [0.717, 1.165) is 22.9 Å². The minimum atomic E-state index is -0.605. The van der Waals surface area contributed by atoms with Crippen LogP contribution in [0.5, 0.6) is 0 Å². The second-order valence-corrected chi connectivity index (χ2v) is 5.71. The van der Waals surface area contributed by atoms with Crippen molar-refractivity contribution in [2.75, 3.05) is 11.9 Å².